The molecule has 0 radical (unpaired) electrons. The average Bonchev–Trinajstić information content (AvgIpc) is 2.40. The zero-order valence-electron chi connectivity index (χ0n) is 10.3. The Morgan fingerprint density at radius 2 is 2.22 bits per heavy atom. The minimum absolute atomic E-state index is 0.0625. The van der Waals surface area contributed by atoms with Gasteiger partial charge in [-0.1, -0.05) is 18.9 Å². The molecule has 2 rings (SSSR count). The Kier molecular flexibility index (Phi) is 4.52. The number of rotatable bonds is 3. The molecular formula is C13H19N3O2. The maximum absolute atomic E-state index is 11.8. The largest absolute Gasteiger partial charge is 0.396 e. The summed E-state index contributed by atoms with van der Waals surface area (Å²) in [6.45, 7) is 0.133. The van der Waals surface area contributed by atoms with Gasteiger partial charge >= 0.3 is 6.03 Å². The highest BCUT2D eigenvalue weighted by atomic mass is 16.3. The van der Waals surface area contributed by atoms with Gasteiger partial charge in [-0.15, -0.1) is 0 Å². The Bertz CT molecular complexity index is 383. The molecule has 1 heterocycles. The van der Waals surface area contributed by atoms with Gasteiger partial charge in [0.1, 0.15) is 5.82 Å². The van der Waals surface area contributed by atoms with Crippen molar-refractivity contribution in [3.05, 3.63) is 24.4 Å². The van der Waals surface area contributed by atoms with Crippen LogP contribution in [-0.4, -0.2) is 28.8 Å². The van der Waals surface area contributed by atoms with E-state index >= 15 is 0 Å². The molecule has 0 spiro atoms. The van der Waals surface area contributed by atoms with E-state index in [-0.39, 0.29) is 24.6 Å². The lowest BCUT2D eigenvalue weighted by Gasteiger charge is -2.30. The minimum Gasteiger partial charge on any atom is -0.396 e. The van der Waals surface area contributed by atoms with Gasteiger partial charge < -0.3 is 10.4 Å². The van der Waals surface area contributed by atoms with E-state index in [1.165, 1.54) is 0 Å². The number of nitrogens with zero attached hydrogens (tertiary/aromatic N) is 1. The smallest absolute Gasteiger partial charge is 0.320 e. The Labute approximate surface area is 107 Å². The van der Waals surface area contributed by atoms with Gasteiger partial charge in [-0.3, -0.25) is 5.32 Å². The molecule has 1 aromatic heterocycles. The fraction of sp³-hybridized carbons (Fsp3) is 0.538. The monoisotopic (exact) mass is 249 g/mol. The van der Waals surface area contributed by atoms with E-state index in [4.69, 9.17) is 0 Å². The first-order valence-corrected chi connectivity index (χ1v) is 6.39. The fourth-order valence-electron chi connectivity index (χ4n) is 2.37. The number of hydrogen-bond acceptors (Lipinski definition) is 3. The number of nitrogens with one attached hydrogen (secondary N) is 2. The standard InChI is InChI=1S/C13H19N3O2/c17-9-10-5-1-2-6-11(10)15-13(18)16-12-7-3-4-8-14-12/h3-4,7-8,10-11,17H,1-2,5-6,9H2,(H2,14,15,16,18). The van der Waals surface area contributed by atoms with Crippen LogP contribution in [0.2, 0.25) is 0 Å². The van der Waals surface area contributed by atoms with Gasteiger partial charge in [0, 0.05) is 24.8 Å². The molecule has 1 aliphatic rings. The van der Waals surface area contributed by atoms with Crippen LogP contribution in [0.4, 0.5) is 10.6 Å². The molecule has 5 heteroatoms. The maximum Gasteiger partial charge on any atom is 0.320 e. The van der Waals surface area contributed by atoms with Gasteiger partial charge in [0.15, 0.2) is 0 Å². The topological polar surface area (TPSA) is 74.2 Å². The number of carbonyl (C=O) groups excluding carboxylic acids is 1. The maximum atomic E-state index is 11.8. The molecule has 0 bridgehead atoms. The number of aliphatic hydroxyl groups excluding tert-OH is 1. The molecule has 1 saturated carbocycles. The molecule has 1 fully saturated rings. The molecule has 1 aliphatic carbocycles. The molecule has 2 unspecified atom stereocenters. The van der Waals surface area contributed by atoms with Crippen molar-refractivity contribution < 1.29 is 9.90 Å². The van der Waals surface area contributed by atoms with Crippen LogP contribution in [-0.2, 0) is 0 Å². The summed E-state index contributed by atoms with van der Waals surface area (Å²) in [5.74, 6) is 0.708. The lowest BCUT2D eigenvalue weighted by atomic mass is 9.85. The number of pyridine rings is 1. The van der Waals surface area contributed by atoms with Crippen molar-refractivity contribution in [2.24, 2.45) is 5.92 Å². The van der Waals surface area contributed by atoms with Crippen LogP contribution in [0, 0.1) is 5.92 Å². The molecule has 18 heavy (non-hydrogen) atoms. The Morgan fingerprint density at radius 1 is 1.39 bits per heavy atom. The lowest BCUT2D eigenvalue weighted by Crippen LogP contribution is -2.45. The van der Waals surface area contributed by atoms with Gasteiger partial charge in [-0.05, 0) is 25.0 Å². The van der Waals surface area contributed by atoms with E-state index in [1.807, 2.05) is 6.07 Å². The third-order valence-electron chi connectivity index (χ3n) is 3.37. The SMILES string of the molecule is O=C(Nc1ccccn1)NC1CCCCC1CO. The Hall–Kier alpha value is -1.62. The summed E-state index contributed by atoms with van der Waals surface area (Å²) in [7, 11) is 0. The van der Waals surface area contributed by atoms with Gasteiger partial charge in [-0.2, -0.15) is 0 Å². The normalized spacial score (nSPS) is 23.4. The molecule has 0 saturated heterocycles. The first-order valence-electron chi connectivity index (χ1n) is 6.39. The second-order valence-electron chi connectivity index (χ2n) is 4.65. The van der Waals surface area contributed by atoms with Crippen molar-refractivity contribution in [1.82, 2.24) is 10.3 Å². The predicted octanol–water partition coefficient (Wildman–Crippen LogP) is 1.75. The number of anilines is 1. The van der Waals surface area contributed by atoms with Crippen LogP contribution in [0.3, 0.4) is 0 Å². The molecule has 98 valence electrons. The number of aromatic nitrogens is 1. The van der Waals surface area contributed by atoms with E-state index < -0.39 is 0 Å². The number of urea groups is 1. The lowest BCUT2D eigenvalue weighted by molar-refractivity contribution is 0.156. The summed E-state index contributed by atoms with van der Waals surface area (Å²) < 4.78 is 0. The molecule has 3 N–H and O–H groups in total. The van der Waals surface area contributed by atoms with Crippen molar-refractivity contribution in [1.29, 1.82) is 0 Å². The van der Waals surface area contributed by atoms with Crippen LogP contribution in [0.15, 0.2) is 24.4 Å². The van der Waals surface area contributed by atoms with Gasteiger partial charge in [0.05, 0.1) is 0 Å². The highest BCUT2D eigenvalue weighted by Gasteiger charge is 2.25. The van der Waals surface area contributed by atoms with Crippen LogP contribution >= 0.6 is 0 Å². The molecule has 5 nitrogen and oxygen atoms in total. The van der Waals surface area contributed by atoms with Gasteiger partial charge in [0.25, 0.3) is 0 Å². The minimum atomic E-state index is -0.251. The number of aliphatic hydroxyl groups is 1. The van der Waals surface area contributed by atoms with E-state index in [0.717, 1.165) is 25.7 Å². The summed E-state index contributed by atoms with van der Waals surface area (Å²) in [6.07, 6.45) is 5.77. The van der Waals surface area contributed by atoms with Crippen molar-refractivity contribution in [2.75, 3.05) is 11.9 Å². The fourth-order valence-corrected chi connectivity index (χ4v) is 2.37. The number of amides is 2. The van der Waals surface area contributed by atoms with Crippen LogP contribution in [0.1, 0.15) is 25.7 Å². The number of hydrogen-bond donors (Lipinski definition) is 3. The van der Waals surface area contributed by atoms with E-state index in [1.54, 1.807) is 18.3 Å². The molecule has 1 aromatic rings. The first-order chi connectivity index (χ1) is 8.79. The predicted molar refractivity (Wildman–Crippen MR) is 69.2 cm³/mol. The molecule has 0 aliphatic heterocycles. The zero-order valence-corrected chi connectivity index (χ0v) is 10.3. The number of carbonyl (C=O) groups is 1. The van der Waals surface area contributed by atoms with Crippen molar-refractivity contribution in [3.63, 3.8) is 0 Å². The van der Waals surface area contributed by atoms with Gasteiger partial charge in [-0.25, -0.2) is 9.78 Å². The Balaban J connectivity index is 1.86. The highest BCUT2D eigenvalue weighted by Crippen LogP contribution is 2.23. The van der Waals surface area contributed by atoms with Crippen molar-refractivity contribution in [3.8, 4) is 0 Å². The van der Waals surface area contributed by atoms with Gasteiger partial charge in [0.2, 0.25) is 0 Å². The van der Waals surface area contributed by atoms with Crippen molar-refractivity contribution in [2.45, 2.75) is 31.7 Å². The quantitative estimate of drug-likeness (QED) is 0.764. The summed E-state index contributed by atoms with van der Waals surface area (Å²) in [5, 5.41) is 14.9. The summed E-state index contributed by atoms with van der Waals surface area (Å²) in [6, 6.07) is 5.17. The van der Waals surface area contributed by atoms with E-state index in [9.17, 15) is 9.90 Å². The molecule has 2 amide bonds. The van der Waals surface area contributed by atoms with Crippen LogP contribution < -0.4 is 10.6 Å². The average molecular weight is 249 g/mol. The van der Waals surface area contributed by atoms with Crippen LogP contribution in [0.25, 0.3) is 0 Å². The highest BCUT2D eigenvalue weighted by molar-refractivity contribution is 5.88. The zero-order chi connectivity index (χ0) is 12.8. The third kappa shape index (κ3) is 3.43. The van der Waals surface area contributed by atoms with Crippen molar-refractivity contribution >= 4 is 11.8 Å². The summed E-state index contributed by atoms with van der Waals surface area (Å²) in [5.41, 5.74) is 0. The summed E-state index contributed by atoms with van der Waals surface area (Å²) >= 11 is 0. The first kappa shape index (κ1) is 12.8. The van der Waals surface area contributed by atoms with E-state index in [0.29, 0.717) is 5.82 Å². The molecule has 0 aromatic carbocycles. The molecule has 2 atom stereocenters. The van der Waals surface area contributed by atoms with E-state index in [2.05, 4.69) is 15.6 Å². The second-order valence-corrected chi connectivity index (χ2v) is 4.65. The van der Waals surface area contributed by atoms with Crippen LogP contribution in [0.5, 0.6) is 0 Å². The second kappa shape index (κ2) is 6.35. The molecular weight excluding hydrogens is 230 g/mol. The third-order valence-corrected chi connectivity index (χ3v) is 3.37. The summed E-state index contributed by atoms with van der Waals surface area (Å²) in [4.78, 5) is 15.8. The Morgan fingerprint density at radius 3 is 2.94 bits per heavy atom.